The summed E-state index contributed by atoms with van der Waals surface area (Å²) in [7, 11) is 0. The van der Waals surface area contributed by atoms with Crippen LogP contribution in [-0.2, 0) is 6.54 Å². The van der Waals surface area contributed by atoms with Crippen molar-refractivity contribution in [1.29, 1.82) is 0 Å². The highest BCUT2D eigenvalue weighted by Crippen LogP contribution is 2.22. The molecule has 10 heteroatoms. The predicted molar refractivity (Wildman–Crippen MR) is 67.7 cm³/mol. The Labute approximate surface area is 119 Å². The van der Waals surface area contributed by atoms with Crippen LogP contribution in [0, 0.1) is 10.1 Å². The maximum absolute atomic E-state index is 10.7. The van der Waals surface area contributed by atoms with Crippen molar-refractivity contribution in [3.05, 3.63) is 45.3 Å². The first kappa shape index (κ1) is 12.5. The standard InChI is InChI=1S/C10H6BrN5O4/c11-7-3-15(13-10(7)16(17)18)4-8-12-9(14-20-8)6-1-2-19-5-6/h1-3,5H,4H2. The molecule has 0 bridgehead atoms. The van der Waals surface area contributed by atoms with Crippen LogP contribution in [0.5, 0.6) is 0 Å². The van der Waals surface area contributed by atoms with Crippen LogP contribution in [0.2, 0.25) is 0 Å². The Kier molecular flexibility index (Phi) is 3.06. The fraction of sp³-hybridized carbons (Fsp3) is 0.100. The van der Waals surface area contributed by atoms with E-state index in [-0.39, 0.29) is 22.7 Å². The van der Waals surface area contributed by atoms with Gasteiger partial charge < -0.3 is 19.1 Å². The molecule has 3 aromatic rings. The molecule has 3 aromatic heterocycles. The lowest BCUT2D eigenvalue weighted by molar-refractivity contribution is -0.390. The van der Waals surface area contributed by atoms with Crippen LogP contribution < -0.4 is 0 Å². The van der Waals surface area contributed by atoms with Gasteiger partial charge in [-0.3, -0.25) is 0 Å². The highest BCUT2D eigenvalue weighted by atomic mass is 79.9. The molecule has 3 heterocycles. The highest BCUT2D eigenvalue weighted by molar-refractivity contribution is 9.10. The first-order chi connectivity index (χ1) is 9.63. The van der Waals surface area contributed by atoms with E-state index in [0.717, 1.165) is 0 Å². The zero-order valence-electron chi connectivity index (χ0n) is 9.76. The number of aromatic nitrogens is 4. The first-order valence-electron chi connectivity index (χ1n) is 5.36. The SMILES string of the molecule is O=[N+]([O-])c1nn(Cc2nc(-c3ccoc3)no2)cc1Br. The van der Waals surface area contributed by atoms with Crippen LogP contribution in [0.3, 0.4) is 0 Å². The molecule has 0 N–H and O–H groups in total. The molecule has 0 aliphatic carbocycles. The monoisotopic (exact) mass is 339 g/mol. The predicted octanol–water partition coefficient (Wildman–Crippen LogP) is 2.25. The lowest BCUT2D eigenvalue weighted by atomic mass is 10.3. The van der Waals surface area contributed by atoms with Crippen LogP contribution in [0.25, 0.3) is 11.4 Å². The Morgan fingerprint density at radius 3 is 3.00 bits per heavy atom. The van der Waals surface area contributed by atoms with Gasteiger partial charge in [-0.05, 0) is 26.9 Å². The van der Waals surface area contributed by atoms with E-state index in [1.807, 2.05) is 0 Å². The van der Waals surface area contributed by atoms with Crippen molar-refractivity contribution < 1.29 is 13.9 Å². The summed E-state index contributed by atoms with van der Waals surface area (Å²) < 4.78 is 11.6. The molecule has 0 radical (unpaired) electrons. The van der Waals surface area contributed by atoms with Crippen molar-refractivity contribution in [3.63, 3.8) is 0 Å². The van der Waals surface area contributed by atoms with Crippen LogP contribution in [-0.4, -0.2) is 24.8 Å². The van der Waals surface area contributed by atoms with E-state index in [4.69, 9.17) is 8.94 Å². The first-order valence-corrected chi connectivity index (χ1v) is 6.15. The summed E-state index contributed by atoms with van der Waals surface area (Å²) in [5, 5.41) is 18.3. The summed E-state index contributed by atoms with van der Waals surface area (Å²) in [6, 6.07) is 1.70. The van der Waals surface area contributed by atoms with E-state index in [0.29, 0.717) is 11.4 Å². The van der Waals surface area contributed by atoms with Gasteiger partial charge in [-0.25, -0.2) is 0 Å². The van der Waals surface area contributed by atoms with Crippen LogP contribution >= 0.6 is 15.9 Å². The fourth-order valence-electron chi connectivity index (χ4n) is 1.56. The maximum Gasteiger partial charge on any atom is 0.404 e. The number of hydrogen-bond donors (Lipinski definition) is 0. The molecular formula is C10H6BrN5O4. The van der Waals surface area contributed by atoms with Crippen molar-refractivity contribution in [2.24, 2.45) is 0 Å². The minimum absolute atomic E-state index is 0.136. The van der Waals surface area contributed by atoms with Gasteiger partial charge in [-0.2, -0.15) is 9.67 Å². The van der Waals surface area contributed by atoms with Crippen molar-refractivity contribution in [3.8, 4) is 11.4 Å². The zero-order chi connectivity index (χ0) is 14.1. The van der Waals surface area contributed by atoms with Gasteiger partial charge in [0.1, 0.15) is 17.3 Å². The Morgan fingerprint density at radius 2 is 2.35 bits per heavy atom. The number of rotatable bonds is 4. The summed E-state index contributed by atoms with van der Waals surface area (Å²) in [6.07, 6.45) is 4.46. The number of halogens is 1. The Balaban J connectivity index is 1.82. The van der Waals surface area contributed by atoms with E-state index >= 15 is 0 Å². The number of nitrogens with zero attached hydrogens (tertiary/aromatic N) is 5. The molecule has 0 saturated heterocycles. The van der Waals surface area contributed by atoms with Gasteiger partial charge in [-0.15, -0.1) is 0 Å². The topological polar surface area (TPSA) is 113 Å². The van der Waals surface area contributed by atoms with Gasteiger partial charge in [0.05, 0.1) is 23.1 Å². The van der Waals surface area contributed by atoms with E-state index in [2.05, 4.69) is 31.2 Å². The smallest absolute Gasteiger partial charge is 0.404 e. The third-order valence-electron chi connectivity index (χ3n) is 2.42. The molecule has 102 valence electrons. The molecule has 0 spiro atoms. The Bertz CT molecular complexity index is 748. The molecule has 0 aliphatic heterocycles. The van der Waals surface area contributed by atoms with Gasteiger partial charge in [0.2, 0.25) is 5.82 Å². The third-order valence-corrected chi connectivity index (χ3v) is 2.98. The third kappa shape index (κ3) is 2.32. The average Bonchev–Trinajstić information content (AvgIpc) is 3.09. The van der Waals surface area contributed by atoms with Crippen LogP contribution in [0.1, 0.15) is 5.89 Å². The molecule has 3 rings (SSSR count). The summed E-state index contributed by atoms with van der Waals surface area (Å²) in [5.74, 6) is 0.403. The lowest BCUT2D eigenvalue weighted by Crippen LogP contribution is -2.01. The molecule has 0 saturated carbocycles. The molecule has 0 fully saturated rings. The Hall–Kier alpha value is -2.49. The van der Waals surface area contributed by atoms with E-state index < -0.39 is 4.92 Å². The van der Waals surface area contributed by atoms with Gasteiger partial charge in [0.25, 0.3) is 5.89 Å². The van der Waals surface area contributed by atoms with Crippen LogP contribution in [0.15, 0.2) is 38.2 Å². The molecule has 0 amide bonds. The van der Waals surface area contributed by atoms with Crippen molar-refractivity contribution >= 4 is 21.7 Å². The normalized spacial score (nSPS) is 10.8. The van der Waals surface area contributed by atoms with Gasteiger partial charge in [-0.1, -0.05) is 5.16 Å². The van der Waals surface area contributed by atoms with Crippen molar-refractivity contribution in [2.45, 2.75) is 6.54 Å². The molecule has 0 aliphatic rings. The minimum atomic E-state index is -0.578. The van der Waals surface area contributed by atoms with E-state index in [1.54, 1.807) is 6.07 Å². The average molecular weight is 340 g/mol. The second kappa shape index (κ2) is 4.89. The molecule has 0 atom stereocenters. The molecule has 0 aromatic carbocycles. The van der Waals surface area contributed by atoms with Crippen molar-refractivity contribution in [2.75, 3.05) is 0 Å². The van der Waals surface area contributed by atoms with Crippen LogP contribution in [0.4, 0.5) is 5.82 Å². The molecule has 9 nitrogen and oxygen atoms in total. The second-order valence-electron chi connectivity index (χ2n) is 3.78. The van der Waals surface area contributed by atoms with Gasteiger partial charge in [0.15, 0.2) is 0 Å². The second-order valence-corrected chi connectivity index (χ2v) is 4.63. The fourth-order valence-corrected chi connectivity index (χ4v) is 2.02. The zero-order valence-corrected chi connectivity index (χ0v) is 11.3. The summed E-state index contributed by atoms with van der Waals surface area (Å²) >= 11 is 3.06. The number of hydrogen-bond acceptors (Lipinski definition) is 7. The lowest BCUT2D eigenvalue weighted by Gasteiger charge is -1.88. The highest BCUT2D eigenvalue weighted by Gasteiger charge is 2.20. The van der Waals surface area contributed by atoms with Gasteiger partial charge >= 0.3 is 5.82 Å². The molecule has 20 heavy (non-hydrogen) atoms. The number of furan rings is 1. The molecule has 0 unspecified atom stereocenters. The minimum Gasteiger partial charge on any atom is -0.472 e. The van der Waals surface area contributed by atoms with Gasteiger partial charge in [0, 0.05) is 0 Å². The Morgan fingerprint density at radius 1 is 1.50 bits per heavy atom. The van der Waals surface area contributed by atoms with E-state index in [1.165, 1.54) is 23.4 Å². The largest absolute Gasteiger partial charge is 0.472 e. The quantitative estimate of drug-likeness (QED) is 0.528. The molecular weight excluding hydrogens is 334 g/mol. The van der Waals surface area contributed by atoms with Crippen molar-refractivity contribution in [1.82, 2.24) is 19.9 Å². The summed E-state index contributed by atoms with van der Waals surface area (Å²) in [5.41, 5.74) is 0.688. The van der Waals surface area contributed by atoms with E-state index in [9.17, 15) is 10.1 Å². The number of nitro groups is 1. The summed E-state index contributed by atoms with van der Waals surface area (Å²) in [6.45, 7) is 0.136. The summed E-state index contributed by atoms with van der Waals surface area (Å²) in [4.78, 5) is 14.3. The maximum atomic E-state index is 10.7.